The van der Waals surface area contributed by atoms with Gasteiger partial charge in [-0.3, -0.25) is 0 Å². The topological polar surface area (TPSA) is 36.9 Å². The lowest BCUT2D eigenvalue weighted by molar-refractivity contribution is -0.0679. The Morgan fingerprint density at radius 2 is 1.74 bits per heavy atom. The number of ether oxygens (including phenoxy) is 3. The molecular weight excluding hydrogens is 356 g/mol. The molecule has 1 aliphatic heterocycles. The Labute approximate surface area is 165 Å². The van der Waals surface area contributed by atoms with Crippen LogP contribution in [0.4, 0.5) is 0 Å². The second kappa shape index (κ2) is 9.09. The Balaban J connectivity index is 2.10. The maximum Gasteiger partial charge on any atom is 0.192 e. The normalized spacial score (nSPS) is 23.1. The fraction of sp³-hybridized carbons (Fsp3) is 0.545. The Morgan fingerprint density at radius 3 is 2.30 bits per heavy atom. The predicted octanol–water partition coefficient (Wildman–Crippen LogP) is 5.36. The molecule has 4 nitrogen and oxygen atoms in total. The fourth-order valence-electron chi connectivity index (χ4n) is 2.57. The van der Waals surface area contributed by atoms with Crippen LogP contribution in [0, 0.1) is 0 Å². The zero-order valence-electron chi connectivity index (χ0n) is 17.5. The molecule has 2 rings (SSSR count). The summed E-state index contributed by atoms with van der Waals surface area (Å²) in [5, 5.41) is 0.157. The molecule has 0 unspecified atom stereocenters. The van der Waals surface area contributed by atoms with Gasteiger partial charge in [-0.05, 0) is 54.9 Å². The van der Waals surface area contributed by atoms with Crippen molar-refractivity contribution in [1.29, 1.82) is 0 Å². The molecular formula is C22H34O4Si. The van der Waals surface area contributed by atoms with Crippen LogP contribution in [0.1, 0.15) is 27.2 Å². The first kappa shape index (κ1) is 21.7. The molecule has 1 aromatic rings. The van der Waals surface area contributed by atoms with Crippen molar-refractivity contribution < 1.29 is 18.6 Å². The van der Waals surface area contributed by atoms with Crippen molar-refractivity contribution in [2.24, 2.45) is 0 Å². The van der Waals surface area contributed by atoms with Gasteiger partial charge in [-0.2, -0.15) is 0 Å². The third-order valence-electron chi connectivity index (χ3n) is 5.38. The maximum atomic E-state index is 6.42. The zero-order valence-corrected chi connectivity index (χ0v) is 18.5. The van der Waals surface area contributed by atoms with Crippen LogP contribution in [0.15, 0.2) is 49.1 Å². The van der Waals surface area contributed by atoms with Crippen LogP contribution in [0.5, 0.6) is 11.5 Å². The average Bonchev–Trinajstić information content (AvgIpc) is 2.61. The first-order valence-electron chi connectivity index (χ1n) is 9.55. The number of hydrogen-bond donors (Lipinski definition) is 0. The highest BCUT2D eigenvalue weighted by Gasteiger charge is 2.39. The summed E-state index contributed by atoms with van der Waals surface area (Å²) >= 11 is 0. The minimum absolute atomic E-state index is 0.0197. The molecule has 0 bridgehead atoms. The van der Waals surface area contributed by atoms with Crippen molar-refractivity contribution in [1.82, 2.24) is 0 Å². The van der Waals surface area contributed by atoms with E-state index in [1.165, 1.54) is 0 Å². The van der Waals surface area contributed by atoms with Crippen molar-refractivity contribution in [3.05, 3.63) is 49.1 Å². The quantitative estimate of drug-likeness (QED) is 0.442. The lowest BCUT2D eigenvalue weighted by atomic mass is 10.1. The number of hydrogen-bond acceptors (Lipinski definition) is 4. The van der Waals surface area contributed by atoms with Gasteiger partial charge >= 0.3 is 0 Å². The average molecular weight is 391 g/mol. The molecule has 1 heterocycles. The van der Waals surface area contributed by atoms with Gasteiger partial charge in [-0.15, -0.1) is 6.58 Å². The maximum absolute atomic E-state index is 6.42. The van der Waals surface area contributed by atoms with Crippen molar-refractivity contribution in [2.75, 3.05) is 13.7 Å². The summed E-state index contributed by atoms with van der Waals surface area (Å²) in [7, 11) is -0.205. The molecule has 0 fully saturated rings. The summed E-state index contributed by atoms with van der Waals surface area (Å²) in [6, 6.07) is 7.61. The monoisotopic (exact) mass is 390 g/mol. The zero-order chi connectivity index (χ0) is 20.1. The molecule has 1 aliphatic rings. The lowest BCUT2D eigenvalue weighted by Crippen LogP contribution is -2.47. The fourth-order valence-corrected chi connectivity index (χ4v) is 3.58. The van der Waals surface area contributed by atoms with E-state index >= 15 is 0 Å². The van der Waals surface area contributed by atoms with Crippen molar-refractivity contribution in [2.45, 2.75) is 63.6 Å². The molecule has 0 aromatic heterocycles. The van der Waals surface area contributed by atoms with Crippen molar-refractivity contribution in [3.8, 4) is 11.5 Å². The van der Waals surface area contributed by atoms with Crippen LogP contribution in [-0.4, -0.2) is 40.3 Å². The minimum atomic E-state index is -1.86. The SMILES string of the molecule is C=CC[C@@H]1C=C[C@H](Oc2ccc(OC)cc2)[C@@H](CO[Si](C)(C)C(C)(C)C)O1. The van der Waals surface area contributed by atoms with E-state index in [-0.39, 0.29) is 23.4 Å². The summed E-state index contributed by atoms with van der Waals surface area (Å²) in [6.45, 7) is 15.6. The second-order valence-corrected chi connectivity index (χ2v) is 13.3. The molecule has 27 heavy (non-hydrogen) atoms. The van der Waals surface area contributed by atoms with Gasteiger partial charge in [0.2, 0.25) is 0 Å². The molecule has 0 N–H and O–H groups in total. The Hall–Kier alpha value is -1.56. The molecule has 3 atom stereocenters. The van der Waals surface area contributed by atoms with Gasteiger partial charge in [0.25, 0.3) is 0 Å². The highest BCUT2D eigenvalue weighted by atomic mass is 28.4. The summed E-state index contributed by atoms with van der Waals surface area (Å²) < 4.78 is 24.1. The molecule has 1 aromatic carbocycles. The van der Waals surface area contributed by atoms with Crippen LogP contribution in [0.25, 0.3) is 0 Å². The standard InChI is InChI=1S/C22H34O4Si/c1-8-9-18-14-15-20(25-19-12-10-17(23-5)11-13-19)21(26-18)16-24-27(6,7)22(2,3)4/h8,10-15,18,20-21H,1,9,16H2,2-7H3/t18-,20+,21-/m1/s1. The van der Waals surface area contributed by atoms with E-state index in [0.29, 0.717) is 6.61 Å². The van der Waals surface area contributed by atoms with E-state index in [4.69, 9.17) is 18.6 Å². The Morgan fingerprint density at radius 1 is 1.11 bits per heavy atom. The van der Waals surface area contributed by atoms with Gasteiger partial charge < -0.3 is 18.6 Å². The van der Waals surface area contributed by atoms with Gasteiger partial charge in [0.05, 0.1) is 19.8 Å². The lowest BCUT2D eigenvalue weighted by Gasteiger charge is -2.39. The van der Waals surface area contributed by atoms with Crippen LogP contribution >= 0.6 is 0 Å². The molecule has 0 saturated carbocycles. The molecule has 0 radical (unpaired) electrons. The van der Waals surface area contributed by atoms with Crippen LogP contribution in [0.3, 0.4) is 0 Å². The van der Waals surface area contributed by atoms with Gasteiger partial charge in [0.1, 0.15) is 23.7 Å². The van der Waals surface area contributed by atoms with Gasteiger partial charge in [0, 0.05) is 0 Å². The van der Waals surface area contributed by atoms with Crippen LogP contribution in [0.2, 0.25) is 18.1 Å². The smallest absolute Gasteiger partial charge is 0.192 e. The van der Waals surface area contributed by atoms with Crippen molar-refractivity contribution >= 4 is 8.32 Å². The van der Waals surface area contributed by atoms with Crippen LogP contribution < -0.4 is 9.47 Å². The van der Waals surface area contributed by atoms with E-state index in [1.54, 1.807) is 7.11 Å². The first-order valence-corrected chi connectivity index (χ1v) is 12.5. The number of methoxy groups -OCH3 is 1. The highest BCUT2D eigenvalue weighted by molar-refractivity contribution is 6.74. The van der Waals surface area contributed by atoms with Crippen molar-refractivity contribution in [3.63, 3.8) is 0 Å². The van der Waals surface area contributed by atoms with E-state index in [9.17, 15) is 0 Å². The highest BCUT2D eigenvalue weighted by Crippen LogP contribution is 2.37. The first-order chi connectivity index (χ1) is 12.7. The number of rotatable bonds is 8. The van der Waals surface area contributed by atoms with Gasteiger partial charge in [-0.1, -0.05) is 32.9 Å². The van der Waals surface area contributed by atoms with E-state index in [1.807, 2.05) is 30.3 Å². The Bertz CT molecular complexity index is 631. The van der Waals surface area contributed by atoms with Crippen LogP contribution in [-0.2, 0) is 9.16 Å². The second-order valence-electron chi connectivity index (χ2n) is 8.45. The molecule has 0 saturated heterocycles. The van der Waals surface area contributed by atoms with Gasteiger partial charge in [0.15, 0.2) is 8.32 Å². The van der Waals surface area contributed by atoms with E-state index in [0.717, 1.165) is 17.9 Å². The molecule has 5 heteroatoms. The molecule has 0 amide bonds. The van der Waals surface area contributed by atoms with Gasteiger partial charge in [-0.25, -0.2) is 0 Å². The predicted molar refractivity (Wildman–Crippen MR) is 113 cm³/mol. The van der Waals surface area contributed by atoms with E-state index < -0.39 is 8.32 Å². The summed E-state index contributed by atoms with van der Waals surface area (Å²) in [6.07, 6.45) is 6.47. The molecule has 150 valence electrons. The Kier molecular flexibility index (Phi) is 7.31. The summed E-state index contributed by atoms with van der Waals surface area (Å²) in [4.78, 5) is 0. The summed E-state index contributed by atoms with van der Waals surface area (Å²) in [5.41, 5.74) is 0. The largest absolute Gasteiger partial charge is 0.497 e. The minimum Gasteiger partial charge on any atom is -0.497 e. The molecule has 0 spiro atoms. The third-order valence-corrected chi connectivity index (χ3v) is 9.88. The molecule has 0 aliphatic carbocycles. The van der Waals surface area contributed by atoms with E-state index in [2.05, 4.69) is 52.6 Å². The third kappa shape index (κ3) is 5.96. The number of benzene rings is 1. The summed E-state index contributed by atoms with van der Waals surface area (Å²) in [5.74, 6) is 1.59.